The van der Waals surface area contributed by atoms with Crippen LogP contribution in [0.5, 0.6) is 0 Å². The van der Waals surface area contributed by atoms with Crippen molar-refractivity contribution < 1.29 is 19.7 Å². The maximum atomic E-state index is 12.6. The first-order valence-electron chi connectivity index (χ1n) is 9.12. The van der Waals surface area contributed by atoms with E-state index in [4.69, 9.17) is 4.74 Å². The van der Waals surface area contributed by atoms with E-state index in [1.54, 1.807) is 6.08 Å². The fourth-order valence-corrected chi connectivity index (χ4v) is 6.56. The zero-order chi connectivity index (χ0) is 18.1. The molecule has 0 amide bonds. The Labute approximate surface area is 145 Å². The third-order valence-electron chi connectivity index (χ3n) is 7.45. The van der Waals surface area contributed by atoms with Crippen molar-refractivity contribution in [2.75, 3.05) is 0 Å². The van der Waals surface area contributed by atoms with Gasteiger partial charge in [-0.15, -0.1) is 6.58 Å². The van der Waals surface area contributed by atoms with Gasteiger partial charge in [-0.1, -0.05) is 26.8 Å². The second-order valence-electron chi connectivity index (χ2n) is 9.64. The lowest BCUT2D eigenvalue weighted by molar-refractivity contribution is -0.285. The maximum Gasteiger partial charge on any atom is 0.162 e. The number of hydrogen-bond donors (Lipinski definition) is 2. The lowest BCUT2D eigenvalue weighted by Gasteiger charge is -2.66. The summed E-state index contributed by atoms with van der Waals surface area (Å²) < 4.78 is 6.48. The fraction of sp³-hybridized carbons (Fsp3) is 0.850. The second kappa shape index (κ2) is 5.15. The average molecular weight is 336 g/mol. The summed E-state index contributed by atoms with van der Waals surface area (Å²) in [7, 11) is 0. The highest BCUT2D eigenvalue weighted by Gasteiger charge is 2.67. The molecule has 2 N–H and O–H groups in total. The molecule has 1 heterocycles. The van der Waals surface area contributed by atoms with E-state index in [1.807, 2.05) is 20.8 Å². The Morgan fingerprint density at radius 3 is 2.42 bits per heavy atom. The van der Waals surface area contributed by atoms with E-state index in [-0.39, 0.29) is 23.0 Å². The Kier molecular flexibility index (Phi) is 3.88. The molecule has 3 rings (SSSR count). The van der Waals surface area contributed by atoms with Crippen molar-refractivity contribution in [1.82, 2.24) is 0 Å². The molecule has 0 aromatic carbocycles. The zero-order valence-corrected chi connectivity index (χ0v) is 15.6. The number of aliphatic hydroxyl groups is 2. The molecule has 1 saturated heterocycles. The first kappa shape index (κ1) is 18.1. The predicted molar refractivity (Wildman–Crippen MR) is 92.4 cm³/mol. The van der Waals surface area contributed by atoms with E-state index in [2.05, 4.69) is 20.4 Å². The molecule has 3 aliphatic rings. The zero-order valence-electron chi connectivity index (χ0n) is 15.6. The van der Waals surface area contributed by atoms with Crippen molar-refractivity contribution in [3.63, 3.8) is 0 Å². The van der Waals surface area contributed by atoms with Crippen LogP contribution < -0.4 is 0 Å². The molecule has 4 nitrogen and oxygen atoms in total. The predicted octanol–water partition coefficient (Wildman–Crippen LogP) is 2.86. The number of hydrogen-bond acceptors (Lipinski definition) is 4. The van der Waals surface area contributed by atoms with Gasteiger partial charge in [-0.25, -0.2) is 0 Å². The van der Waals surface area contributed by atoms with E-state index in [1.165, 1.54) is 0 Å². The van der Waals surface area contributed by atoms with Crippen LogP contribution in [-0.4, -0.2) is 39.4 Å². The van der Waals surface area contributed by atoms with Crippen LogP contribution in [0.3, 0.4) is 0 Å². The third kappa shape index (κ3) is 2.26. The molecular weight excluding hydrogens is 304 g/mol. The van der Waals surface area contributed by atoms with Gasteiger partial charge in [0, 0.05) is 24.2 Å². The van der Waals surface area contributed by atoms with Crippen LogP contribution in [0.2, 0.25) is 0 Å². The van der Waals surface area contributed by atoms with Crippen LogP contribution in [0.1, 0.15) is 60.3 Å². The van der Waals surface area contributed by atoms with Gasteiger partial charge in [0.2, 0.25) is 0 Å². The molecule has 2 saturated carbocycles. The summed E-state index contributed by atoms with van der Waals surface area (Å²) in [5.41, 5.74) is -1.87. The van der Waals surface area contributed by atoms with Gasteiger partial charge in [0.25, 0.3) is 0 Å². The summed E-state index contributed by atoms with van der Waals surface area (Å²) in [4.78, 5) is 12.6. The van der Waals surface area contributed by atoms with E-state index < -0.39 is 28.8 Å². The molecule has 7 atom stereocenters. The van der Waals surface area contributed by atoms with Gasteiger partial charge in [-0.3, -0.25) is 4.79 Å². The summed E-state index contributed by atoms with van der Waals surface area (Å²) in [6.07, 6.45) is 2.85. The molecule has 24 heavy (non-hydrogen) atoms. The molecule has 0 aromatic rings. The SMILES string of the molecule is C=C[C@@]1(C)C[C@@H](O)[C@H]2[C@]3(C)CC(=O)[C@H](O)C(C)(C)[C@H]3CC[C@]2(C)O1. The van der Waals surface area contributed by atoms with Gasteiger partial charge < -0.3 is 14.9 Å². The summed E-state index contributed by atoms with van der Waals surface area (Å²) in [5.74, 6) is -0.0399. The molecule has 0 unspecified atom stereocenters. The van der Waals surface area contributed by atoms with E-state index in [0.717, 1.165) is 12.8 Å². The van der Waals surface area contributed by atoms with Crippen molar-refractivity contribution in [2.45, 2.75) is 83.7 Å². The number of carbonyl (C=O) groups is 1. The minimum absolute atomic E-state index is 0.104. The van der Waals surface area contributed by atoms with E-state index in [9.17, 15) is 15.0 Å². The van der Waals surface area contributed by atoms with Crippen molar-refractivity contribution in [3.8, 4) is 0 Å². The van der Waals surface area contributed by atoms with Gasteiger partial charge in [0.05, 0.1) is 17.3 Å². The Balaban J connectivity index is 2.06. The Bertz CT molecular complexity index is 570. The molecule has 3 fully saturated rings. The summed E-state index contributed by atoms with van der Waals surface area (Å²) in [5, 5.41) is 21.5. The summed E-state index contributed by atoms with van der Waals surface area (Å²) >= 11 is 0. The quantitative estimate of drug-likeness (QED) is 0.723. The number of Topliss-reactive ketones (excluding diaryl/α,β-unsaturated/α-hetero) is 1. The van der Waals surface area contributed by atoms with Crippen molar-refractivity contribution in [1.29, 1.82) is 0 Å². The number of rotatable bonds is 1. The monoisotopic (exact) mass is 336 g/mol. The minimum atomic E-state index is -0.917. The van der Waals surface area contributed by atoms with Gasteiger partial charge in [-0.05, 0) is 38.0 Å². The van der Waals surface area contributed by atoms with Crippen LogP contribution in [0.4, 0.5) is 0 Å². The van der Waals surface area contributed by atoms with Crippen molar-refractivity contribution in [2.24, 2.45) is 22.7 Å². The van der Waals surface area contributed by atoms with E-state index in [0.29, 0.717) is 12.8 Å². The average Bonchev–Trinajstić information content (AvgIpc) is 2.43. The highest BCUT2D eigenvalue weighted by atomic mass is 16.5. The normalized spacial score (nSPS) is 53.9. The van der Waals surface area contributed by atoms with Gasteiger partial charge in [-0.2, -0.15) is 0 Å². The van der Waals surface area contributed by atoms with Crippen molar-refractivity contribution >= 4 is 5.78 Å². The third-order valence-corrected chi connectivity index (χ3v) is 7.45. The molecule has 0 radical (unpaired) electrons. The molecule has 136 valence electrons. The number of carbonyl (C=O) groups excluding carboxylic acids is 1. The summed E-state index contributed by atoms with van der Waals surface area (Å²) in [6, 6.07) is 0. The van der Waals surface area contributed by atoms with E-state index >= 15 is 0 Å². The largest absolute Gasteiger partial charge is 0.393 e. The molecule has 4 heteroatoms. The van der Waals surface area contributed by atoms with Crippen molar-refractivity contribution in [3.05, 3.63) is 12.7 Å². The van der Waals surface area contributed by atoms with Crippen LogP contribution >= 0.6 is 0 Å². The molecule has 0 aromatic heterocycles. The maximum absolute atomic E-state index is 12.6. The molecular formula is C20H32O4. The summed E-state index contributed by atoms with van der Waals surface area (Å²) in [6.45, 7) is 14.0. The highest BCUT2D eigenvalue weighted by Crippen LogP contribution is 2.64. The number of aliphatic hydroxyl groups excluding tert-OH is 2. The Morgan fingerprint density at radius 1 is 1.21 bits per heavy atom. The smallest absolute Gasteiger partial charge is 0.162 e. The molecule has 0 spiro atoms. The van der Waals surface area contributed by atoms with Gasteiger partial charge in [0.15, 0.2) is 5.78 Å². The van der Waals surface area contributed by atoms with Crippen LogP contribution in [0.25, 0.3) is 0 Å². The Hall–Kier alpha value is -0.710. The van der Waals surface area contributed by atoms with Crippen LogP contribution in [0, 0.1) is 22.7 Å². The topological polar surface area (TPSA) is 66.8 Å². The first-order chi connectivity index (χ1) is 10.9. The first-order valence-corrected chi connectivity index (χ1v) is 9.12. The Morgan fingerprint density at radius 2 is 1.83 bits per heavy atom. The highest BCUT2D eigenvalue weighted by molar-refractivity contribution is 5.85. The van der Waals surface area contributed by atoms with Crippen LogP contribution in [0.15, 0.2) is 12.7 Å². The number of ether oxygens (including phenoxy) is 1. The fourth-order valence-electron chi connectivity index (χ4n) is 6.56. The standard InChI is InChI=1S/C20H32O4/c1-7-18(4)10-12(21)15-19(5)11-13(22)16(23)17(2,3)14(19)8-9-20(15,6)24-18/h7,12,14-16,21,23H,1,8-11H2,2-6H3/t12-,14-,15+,16+,18+,19-,20+/m1/s1. The van der Waals surface area contributed by atoms with Gasteiger partial charge >= 0.3 is 0 Å². The van der Waals surface area contributed by atoms with Gasteiger partial charge in [0.1, 0.15) is 6.10 Å². The molecule has 2 aliphatic carbocycles. The molecule has 0 bridgehead atoms. The minimum Gasteiger partial charge on any atom is -0.393 e. The lowest BCUT2D eigenvalue weighted by atomic mass is 9.43. The second-order valence-corrected chi connectivity index (χ2v) is 9.64. The molecule has 1 aliphatic heterocycles. The lowest BCUT2D eigenvalue weighted by Crippen LogP contribution is -2.69. The number of ketones is 1. The van der Waals surface area contributed by atoms with Crippen LogP contribution in [-0.2, 0) is 9.53 Å². The number of fused-ring (bicyclic) bond motifs is 3.